The fourth-order valence-corrected chi connectivity index (χ4v) is 2.88. The molecule has 0 aliphatic rings. The predicted octanol–water partition coefficient (Wildman–Crippen LogP) is 3.13. The molecule has 1 atom stereocenters. The number of halogens is 2. The van der Waals surface area contributed by atoms with Crippen molar-refractivity contribution in [3.05, 3.63) is 65.7 Å². The summed E-state index contributed by atoms with van der Waals surface area (Å²) in [4.78, 5) is 15.7. The van der Waals surface area contributed by atoms with Crippen LogP contribution in [0.25, 0.3) is 11.3 Å². The summed E-state index contributed by atoms with van der Waals surface area (Å²) in [6.45, 7) is 0.279. The minimum Gasteiger partial charge on any atom is -0.506 e. The van der Waals surface area contributed by atoms with Gasteiger partial charge in [0.1, 0.15) is 23.6 Å². The molecule has 30 heavy (non-hydrogen) atoms. The number of nitrogens with one attached hydrogen (secondary N) is 2. The molecule has 1 amide bonds. The van der Waals surface area contributed by atoms with Crippen molar-refractivity contribution in [1.29, 1.82) is 0 Å². The molecule has 2 aromatic heterocycles. The van der Waals surface area contributed by atoms with E-state index in [0.29, 0.717) is 17.1 Å². The molecule has 0 saturated heterocycles. The highest BCUT2D eigenvalue weighted by Gasteiger charge is 2.15. The van der Waals surface area contributed by atoms with Gasteiger partial charge in [0.15, 0.2) is 0 Å². The van der Waals surface area contributed by atoms with Gasteiger partial charge >= 0.3 is 0 Å². The smallest absolute Gasteiger partial charge is 0.254 e. The van der Waals surface area contributed by atoms with E-state index < -0.39 is 17.9 Å². The van der Waals surface area contributed by atoms with Crippen LogP contribution >= 0.6 is 0 Å². The number of hydrogen-bond acceptors (Lipinski definition) is 6. The first-order chi connectivity index (χ1) is 14.5. The zero-order valence-electron chi connectivity index (χ0n) is 16.3. The van der Waals surface area contributed by atoms with E-state index >= 15 is 0 Å². The molecule has 3 N–H and O–H groups in total. The summed E-state index contributed by atoms with van der Waals surface area (Å²) in [5.74, 6) is -0.684. The van der Waals surface area contributed by atoms with Gasteiger partial charge in [-0.25, -0.2) is 8.78 Å². The molecule has 9 heteroatoms. The number of hydrogen-bond donors (Lipinski definition) is 3. The molecule has 7 nitrogen and oxygen atoms in total. The predicted molar refractivity (Wildman–Crippen MR) is 108 cm³/mol. The molecule has 0 aliphatic carbocycles. The number of nitrogens with zero attached hydrogens (tertiary/aromatic N) is 3. The zero-order valence-corrected chi connectivity index (χ0v) is 16.3. The number of alkyl halides is 1. The Morgan fingerprint density at radius 3 is 2.70 bits per heavy atom. The molecular weight excluding hydrogens is 392 g/mol. The largest absolute Gasteiger partial charge is 0.506 e. The molecule has 0 saturated carbocycles. The van der Waals surface area contributed by atoms with Crippen LogP contribution in [0.2, 0.25) is 0 Å². The van der Waals surface area contributed by atoms with E-state index in [4.69, 9.17) is 0 Å². The summed E-state index contributed by atoms with van der Waals surface area (Å²) >= 11 is 0. The first-order valence-corrected chi connectivity index (χ1v) is 9.35. The summed E-state index contributed by atoms with van der Waals surface area (Å²) in [7, 11) is 1.48. The van der Waals surface area contributed by atoms with Crippen molar-refractivity contribution in [1.82, 2.24) is 20.5 Å². The zero-order chi connectivity index (χ0) is 21.5. The summed E-state index contributed by atoms with van der Waals surface area (Å²) in [5, 5.41) is 23.8. The normalized spacial score (nSPS) is 11.7. The van der Waals surface area contributed by atoms with E-state index in [2.05, 4.69) is 25.8 Å². The van der Waals surface area contributed by atoms with Gasteiger partial charge in [0.05, 0.1) is 17.0 Å². The van der Waals surface area contributed by atoms with E-state index in [1.54, 1.807) is 24.3 Å². The molecule has 156 valence electrons. The molecule has 0 unspecified atom stereocenters. The van der Waals surface area contributed by atoms with Crippen LogP contribution in [0.15, 0.2) is 48.7 Å². The van der Waals surface area contributed by atoms with Crippen molar-refractivity contribution >= 4 is 11.7 Å². The second kappa shape index (κ2) is 9.73. The molecule has 1 aromatic carbocycles. The third-order valence-corrected chi connectivity index (χ3v) is 4.46. The molecule has 0 aliphatic heterocycles. The van der Waals surface area contributed by atoms with Crippen LogP contribution < -0.4 is 10.6 Å². The molecule has 0 spiro atoms. The van der Waals surface area contributed by atoms with Crippen LogP contribution in [0.1, 0.15) is 22.5 Å². The number of benzene rings is 1. The Morgan fingerprint density at radius 2 is 2.00 bits per heavy atom. The lowest BCUT2D eigenvalue weighted by Gasteiger charge is -2.11. The van der Waals surface area contributed by atoms with Crippen LogP contribution in [-0.2, 0) is 6.42 Å². The quantitative estimate of drug-likeness (QED) is 0.525. The second-order valence-electron chi connectivity index (χ2n) is 6.53. The number of amides is 1. The van der Waals surface area contributed by atoms with E-state index in [0.717, 1.165) is 0 Å². The standard InChI is InChI=1S/C21H21F2N5O2/c1-24-21(30)15-5-2-4-14(20(15)29)17-7-8-19(28-27-17)26-11-9-13(22)12-18-16(23)6-3-10-25-18/h2-8,10,13,29H,9,11-12H2,1H3,(H,24,30)(H,26,28)/t13-/m0/s1. The maximum atomic E-state index is 14.1. The number of pyridine rings is 1. The van der Waals surface area contributed by atoms with E-state index in [9.17, 15) is 18.7 Å². The average molecular weight is 413 g/mol. The van der Waals surface area contributed by atoms with Crippen LogP contribution in [0, 0.1) is 5.82 Å². The molecular formula is C21H21F2N5O2. The van der Waals surface area contributed by atoms with Crippen molar-refractivity contribution in [3.8, 4) is 17.0 Å². The molecule has 0 fully saturated rings. The highest BCUT2D eigenvalue weighted by Crippen LogP contribution is 2.30. The maximum Gasteiger partial charge on any atom is 0.254 e. The fraction of sp³-hybridized carbons (Fsp3) is 0.238. The number of anilines is 1. The monoisotopic (exact) mass is 413 g/mol. The minimum atomic E-state index is -1.25. The number of phenolic OH excluding ortho intramolecular Hbond substituents is 1. The molecule has 3 rings (SSSR count). The van der Waals surface area contributed by atoms with Crippen molar-refractivity contribution < 1.29 is 18.7 Å². The molecule has 0 bridgehead atoms. The van der Waals surface area contributed by atoms with Crippen LogP contribution in [0.4, 0.5) is 14.6 Å². The number of phenols is 1. The van der Waals surface area contributed by atoms with Gasteiger partial charge in [-0.2, -0.15) is 0 Å². The number of carbonyl (C=O) groups excluding carboxylic acids is 1. The van der Waals surface area contributed by atoms with Crippen molar-refractivity contribution in [2.75, 3.05) is 18.9 Å². The van der Waals surface area contributed by atoms with Crippen LogP contribution in [0.5, 0.6) is 5.75 Å². The Bertz CT molecular complexity index is 1010. The lowest BCUT2D eigenvalue weighted by Crippen LogP contribution is -2.18. The van der Waals surface area contributed by atoms with E-state index in [1.807, 2.05) is 0 Å². The van der Waals surface area contributed by atoms with Gasteiger partial charge in [-0.1, -0.05) is 6.07 Å². The molecule has 2 heterocycles. The minimum absolute atomic E-state index is 0.0973. The van der Waals surface area contributed by atoms with Crippen molar-refractivity contribution in [3.63, 3.8) is 0 Å². The number of aromatic hydroxyl groups is 1. The third kappa shape index (κ3) is 5.05. The molecule has 3 aromatic rings. The second-order valence-corrected chi connectivity index (χ2v) is 6.53. The van der Waals surface area contributed by atoms with Crippen LogP contribution in [-0.4, -0.2) is 46.0 Å². The summed E-state index contributed by atoms with van der Waals surface area (Å²) < 4.78 is 27.6. The SMILES string of the molecule is CNC(=O)c1cccc(-c2ccc(NCC[C@H](F)Cc3ncccc3F)nn2)c1O. The highest BCUT2D eigenvalue weighted by atomic mass is 19.1. The number of carbonyl (C=O) groups is 1. The summed E-state index contributed by atoms with van der Waals surface area (Å²) in [6, 6.07) is 10.8. The van der Waals surface area contributed by atoms with Crippen molar-refractivity contribution in [2.24, 2.45) is 0 Å². The number of rotatable bonds is 8. The fourth-order valence-electron chi connectivity index (χ4n) is 2.88. The Morgan fingerprint density at radius 1 is 1.17 bits per heavy atom. The Hall–Kier alpha value is -3.62. The lowest BCUT2D eigenvalue weighted by molar-refractivity contribution is 0.0960. The number of aromatic nitrogens is 3. The Kier molecular flexibility index (Phi) is 6.84. The lowest BCUT2D eigenvalue weighted by atomic mass is 10.1. The van der Waals surface area contributed by atoms with Crippen LogP contribution in [0.3, 0.4) is 0 Å². The summed E-state index contributed by atoms with van der Waals surface area (Å²) in [6.07, 6.45) is 0.232. The van der Waals surface area contributed by atoms with Gasteiger partial charge in [0, 0.05) is 31.8 Å². The molecule has 0 radical (unpaired) electrons. The highest BCUT2D eigenvalue weighted by molar-refractivity contribution is 5.98. The Balaban J connectivity index is 1.58. The van der Waals surface area contributed by atoms with Gasteiger partial charge in [0.2, 0.25) is 0 Å². The van der Waals surface area contributed by atoms with Crippen molar-refractivity contribution in [2.45, 2.75) is 19.0 Å². The third-order valence-electron chi connectivity index (χ3n) is 4.46. The average Bonchev–Trinajstić information content (AvgIpc) is 2.75. The van der Waals surface area contributed by atoms with Gasteiger partial charge in [0.25, 0.3) is 5.91 Å². The summed E-state index contributed by atoms with van der Waals surface area (Å²) in [5.41, 5.74) is 0.999. The van der Waals surface area contributed by atoms with Gasteiger partial charge < -0.3 is 15.7 Å². The first-order valence-electron chi connectivity index (χ1n) is 9.35. The van der Waals surface area contributed by atoms with Gasteiger partial charge in [-0.05, 0) is 42.8 Å². The van der Waals surface area contributed by atoms with E-state index in [1.165, 1.54) is 31.4 Å². The number of para-hydroxylation sites is 1. The van der Waals surface area contributed by atoms with Gasteiger partial charge in [-0.15, -0.1) is 10.2 Å². The van der Waals surface area contributed by atoms with E-state index in [-0.39, 0.29) is 36.4 Å². The topological polar surface area (TPSA) is 100 Å². The first kappa shape index (κ1) is 21.1. The Labute approximate surface area is 172 Å². The maximum absolute atomic E-state index is 14.1. The van der Waals surface area contributed by atoms with Gasteiger partial charge in [-0.3, -0.25) is 9.78 Å².